The fourth-order valence-electron chi connectivity index (χ4n) is 5.46. The van der Waals surface area contributed by atoms with Gasteiger partial charge in [-0.25, -0.2) is 18.4 Å². The van der Waals surface area contributed by atoms with Crippen LogP contribution in [0.5, 0.6) is 0 Å². The highest BCUT2D eigenvalue weighted by Gasteiger charge is 2.26. The minimum absolute atomic E-state index is 0.274. The van der Waals surface area contributed by atoms with Crippen molar-refractivity contribution in [3.05, 3.63) is 71.3 Å². The summed E-state index contributed by atoms with van der Waals surface area (Å²) in [6.07, 6.45) is 4.08. The molecule has 0 atom stereocenters. The second-order valence-corrected chi connectivity index (χ2v) is 13.6. The molecule has 244 valence electrons. The molecule has 3 heterocycles. The zero-order valence-electron chi connectivity index (χ0n) is 27.5. The van der Waals surface area contributed by atoms with Gasteiger partial charge >= 0.3 is 12.2 Å². The van der Waals surface area contributed by atoms with Gasteiger partial charge in [0.05, 0.1) is 5.56 Å². The Morgan fingerprint density at radius 3 is 1.67 bits per heavy atom. The fourth-order valence-corrected chi connectivity index (χ4v) is 5.46. The number of rotatable bonds is 4. The lowest BCUT2D eigenvalue weighted by Crippen LogP contribution is -2.39. The lowest BCUT2D eigenvalue weighted by Gasteiger charge is -2.29. The molecule has 0 spiro atoms. The highest BCUT2D eigenvalue weighted by atomic mass is 19.1. The van der Waals surface area contributed by atoms with E-state index < -0.39 is 22.8 Å². The molecule has 11 heteroatoms. The van der Waals surface area contributed by atoms with Gasteiger partial charge in [-0.1, -0.05) is 30.4 Å². The van der Waals surface area contributed by atoms with E-state index in [2.05, 4.69) is 10.2 Å². The highest BCUT2D eigenvalue weighted by Crippen LogP contribution is 2.32. The summed E-state index contributed by atoms with van der Waals surface area (Å²) in [7, 11) is 1.72. The number of benzene rings is 2. The molecule has 2 aliphatic heterocycles. The Morgan fingerprint density at radius 2 is 1.17 bits per heavy atom. The van der Waals surface area contributed by atoms with Gasteiger partial charge in [-0.05, 0) is 89.3 Å². The first kappa shape index (κ1) is 32.8. The van der Waals surface area contributed by atoms with Gasteiger partial charge < -0.3 is 23.8 Å². The molecule has 0 bridgehead atoms. The van der Waals surface area contributed by atoms with Crippen molar-refractivity contribution in [3.63, 3.8) is 0 Å². The van der Waals surface area contributed by atoms with Gasteiger partial charge in [0.25, 0.3) is 0 Å². The summed E-state index contributed by atoms with van der Waals surface area (Å²) in [5, 5.41) is 8.49. The van der Waals surface area contributed by atoms with Crippen molar-refractivity contribution in [2.75, 3.05) is 26.2 Å². The van der Waals surface area contributed by atoms with Crippen LogP contribution in [-0.4, -0.2) is 74.1 Å². The molecule has 0 N–H and O–H groups in total. The molecular formula is C35H41F2N5O4. The van der Waals surface area contributed by atoms with Crippen molar-refractivity contribution >= 4 is 23.3 Å². The van der Waals surface area contributed by atoms with Crippen LogP contribution in [0.2, 0.25) is 0 Å². The molecular weight excluding hydrogens is 592 g/mol. The maximum Gasteiger partial charge on any atom is 0.410 e. The van der Waals surface area contributed by atoms with E-state index in [0.29, 0.717) is 61.8 Å². The van der Waals surface area contributed by atoms with Crippen molar-refractivity contribution in [1.29, 1.82) is 0 Å². The standard InChI is InChI=1S/C35H41F2N5O4/c1-34(2,3)45-32(43)41-16-12-22(13-17-41)24-8-11-27(29(37)20-24)31-39-38-30(40(31)7)25-9-10-26(28(36)21-25)23-14-18-42(19-15-23)33(44)46-35(4,5)6/h8-12,14,20-21H,13,15-19H2,1-7H3. The molecule has 0 saturated heterocycles. The molecule has 5 rings (SSSR count). The predicted molar refractivity (Wildman–Crippen MR) is 173 cm³/mol. The van der Waals surface area contributed by atoms with E-state index in [1.165, 1.54) is 12.1 Å². The average Bonchev–Trinajstić information content (AvgIpc) is 3.36. The Balaban J connectivity index is 1.28. The van der Waals surface area contributed by atoms with Gasteiger partial charge in [0, 0.05) is 44.4 Å². The number of nitrogens with zero attached hydrogens (tertiary/aromatic N) is 5. The van der Waals surface area contributed by atoms with Gasteiger partial charge in [0.2, 0.25) is 0 Å². The van der Waals surface area contributed by atoms with Crippen LogP contribution in [0.1, 0.15) is 65.5 Å². The first-order valence-electron chi connectivity index (χ1n) is 15.4. The Bertz CT molecular complexity index is 1710. The van der Waals surface area contributed by atoms with Gasteiger partial charge in [-0.3, -0.25) is 0 Å². The zero-order valence-corrected chi connectivity index (χ0v) is 27.5. The summed E-state index contributed by atoms with van der Waals surface area (Å²) >= 11 is 0. The number of ether oxygens (including phenoxy) is 2. The molecule has 0 radical (unpaired) electrons. The number of carbonyl (C=O) groups excluding carboxylic acids is 2. The van der Waals surface area contributed by atoms with E-state index in [1.54, 1.807) is 39.6 Å². The molecule has 2 amide bonds. The van der Waals surface area contributed by atoms with Gasteiger partial charge in [-0.2, -0.15) is 0 Å². The normalized spacial score (nSPS) is 15.8. The van der Waals surface area contributed by atoms with Crippen LogP contribution in [0.15, 0.2) is 48.6 Å². The number of hydrogen-bond acceptors (Lipinski definition) is 6. The molecule has 3 aromatic rings. The smallest absolute Gasteiger partial charge is 0.410 e. The third-order valence-corrected chi connectivity index (χ3v) is 7.75. The minimum atomic E-state index is -0.584. The molecule has 0 saturated carbocycles. The second kappa shape index (κ2) is 12.7. The van der Waals surface area contributed by atoms with Crippen LogP contribution < -0.4 is 0 Å². The van der Waals surface area contributed by atoms with Crippen LogP contribution >= 0.6 is 0 Å². The van der Waals surface area contributed by atoms with E-state index in [1.807, 2.05) is 59.8 Å². The van der Waals surface area contributed by atoms with Gasteiger partial charge in [-0.15, -0.1) is 10.2 Å². The monoisotopic (exact) mass is 633 g/mol. The van der Waals surface area contributed by atoms with Crippen LogP contribution in [0.25, 0.3) is 33.9 Å². The molecule has 2 aliphatic rings. The molecule has 1 aromatic heterocycles. The summed E-state index contributed by atoms with van der Waals surface area (Å²) in [5.41, 5.74) is 2.59. The van der Waals surface area contributed by atoms with Crippen molar-refractivity contribution in [2.24, 2.45) is 7.05 Å². The Morgan fingerprint density at radius 1 is 0.696 bits per heavy atom. The van der Waals surface area contributed by atoms with E-state index in [0.717, 1.165) is 16.7 Å². The second-order valence-electron chi connectivity index (χ2n) is 13.6. The lowest BCUT2D eigenvalue weighted by molar-refractivity contribution is 0.0260. The Hall–Kier alpha value is -4.54. The molecule has 0 fully saturated rings. The summed E-state index contributed by atoms with van der Waals surface area (Å²) < 4.78 is 43.4. The van der Waals surface area contributed by atoms with E-state index in [9.17, 15) is 9.59 Å². The Kier molecular flexibility index (Phi) is 9.06. The van der Waals surface area contributed by atoms with Crippen molar-refractivity contribution < 1.29 is 27.8 Å². The predicted octanol–water partition coefficient (Wildman–Crippen LogP) is 7.48. The average molecular weight is 634 g/mol. The first-order chi connectivity index (χ1) is 21.6. The van der Waals surface area contributed by atoms with Crippen LogP contribution in [0.3, 0.4) is 0 Å². The molecule has 9 nitrogen and oxygen atoms in total. The Labute approximate surface area is 268 Å². The molecule has 0 aliphatic carbocycles. The number of hydrogen-bond donors (Lipinski definition) is 0. The molecule has 0 unspecified atom stereocenters. The minimum Gasteiger partial charge on any atom is -0.444 e. The number of aromatic nitrogens is 3. The van der Waals surface area contributed by atoms with E-state index >= 15 is 8.78 Å². The first-order valence-corrected chi connectivity index (χ1v) is 15.4. The number of carbonyl (C=O) groups is 2. The van der Waals surface area contributed by atoms with Gasteiger partial charge in [0.1, 0.15) is 22.8 Å². The van der Waals surface area contributed by atoms with Crippen LogP contribution in [0, 0.1) is 11.6 Å². The van der Waals surface area contributed by atoms with Crippen LogP contribution in [-0.2, 0) is 16.5 Å². The molecule has 46 heavy (non-hydrogen) atoms. The SMILES string of the molecule is Cn1c(-c2ccc(C3=CCN(C(=O)OC(C)(C)C)CC3)c(F)c2)nnc1-c1ccc(C2=CCN(C(=O)OC(C)(C)C)CC2)cc1F. The lowest BCUT2D eigenvalue weighted by atomic mass is 9.97. The number of amides is 2. The van der Waals surface area contributed by atoms with Crippen molar-refractivity contribution in [2.45, 2.75) is 65.6 Å². The zero-order chi connectivity index (χ0) is 33.4. The highest BCUT2D eigenvalue weighted by molar-refractivity contribution is 5.76. The molecule has 2 aromatic carbocycles. The summed E-state index contributed by atoms with van der Waals surface area (Å²) in [6, 6.07) is 9.83. The topological polar surface area (TPSA) is 89.8 Å². The van der Waals surface area contributed by atoms with E-state index in [-0.39, 0.29) is 17.7 Å². The largest absolute Gasteiger partial charge is 0.444 e. The third-order valence-electron chi connectivity index (χ3n) is 7.75. The van der Waals surface area contributed by atoms with Crippen LogP contribution in [0.4, 0.5) is 18.4 Å². The van der Waals surface area contributed by atoms with Crippen molar-refractivity contribution in [3.8, 4) is 22.8 Å². The quantitative estimate of drug-likeness (QED) is 0.296. The van der Waals surface area contributed by atoms with Gasteiger partial charge in [0.15, 0.2) is 11.6 Å². The third kappa shape index (κ3) is 7.46. The summed E-state index contributed by atoms with van der Waals surface area (Å²) in [4.78, 5) is 28.0. The van der Waals surface area contributed by atoms with E-state index in [4.69, 9.17) is 9.47 Å². The van der Waals surface area contributed by atoms with Crippen molar-refractivity contribution in [1.82, 2.24) is 24.6 Å². The summed E-state index contributed by atoms with van der Waals surface area (Å²) in [6.45, 7) is 12.6. The maximum absolute atomic E-state index is 15.5. The maximum atomic E-state index is 15.5. The number of halogens is 2. The fraction of sp³-hybridized carbons (Fsp3) is 0.429. The summed E-state index contributed by atoms with van der Waals surface area (Å²) in [5.74, 6) is -0.161.